The van der Waals surface area contributed by atoms with Crippen molar-refractivity contribution in [2.75, 3.05) is 5.32 Å². The Morgan fingerprint density at radius 3 is 3.05 bits per heavy atom. The minimum atomic E-state index is -0.0656. The van der Waals surface area contributed by atoms with Crippen molar-refractivity contribution in [2.45, 2.75) is 38.8 Å². The van der Waals surface area contributed by atoms with Gasteiger partial charge in [-0.25, -0.2) is 4.98 Å². The smallest absolute Gasteiger partial charge is 0.225 e. The highest BCUT2D eigenvalue weighted by atomic mass is 16.1. The highest BCUT2D eigenvalue weighted by molar-refractivity contribution is 5.91. The van der Waals surface area contributed by atoms with Gasteiger partial charge in [0.1, 0.15) is 0 Å². The highest BCUT2D eigenvalue weighted by Crippen LogP contribution is 2.13. The van der Waals surface area contributed by atoms with Crippen molar-refractivity contribution in [1.82, 2.24) is 9.55 Å². The van der Waals surface area contributed by atoms with Crippen molar-refractivity contribution in [3.63, 3.8) is 0 Å². The molecule has 1 heterocycles. The van der Waals surface area contributed by atoms with Gasteiger partial charge in [-0.2, -0.15) is 0 Å². The maximum absolute atomic E-state index is 11.9. The number of benzene rings is 1. The first kappa shape index (κ1) is 15.3. The molecular formula is C16H22N4O. The normalized spacial score (nSPS) is 12.1. The summed E-state index contributed by atoms with van der Waals surface area (Å²) in [6.07, 6.45) is 7.66. The minimum absolute atomic E-state index is 0.0317. The third-order valence-electron chi connectivity index (χ3n) is 3.24. The van der Waals surface area contributed by atoms with Crippen LogP contribution in [0.25, 0.3) is 0 Å². The monoisotopic (exact) mass is 286 g/mol. The number of nitrogens with zero attached hydrogens (tertiary/aromatic N) is 2. The Kier molecular flexibility index (Phi) is 5.51. The SMILES string of the molecule is CCCC(N)CC(=O)Nc1cccc(Cn2ccnc2)c1. The summed E-state index contributed by atoms with van der Waals surface area (Å²) in [5, 5.41) is 2.91. The predicted molar refractivity (Wildman–Crippen MR) is 83.9 cm³/mol. The van der Waals surface area contributed by atoms with Crippen LogP contribution in [0.4, 0.5) is 5.69 Å². The van der Waals surface area contributed by atoms with Gasteiger partial charge in [-0.1, -0.05) is 25.5 Å². The van der Waals surface area contributed by atoms with Gasteiger partial charge in [0, 0.05) is 37.1 Å². The number of carbonyl (C=O) groups is 1. The quantitative estimate of drug-likeness (QED) is 0.820. The second-order valence-corrected chi connectivity index (χ2v) is 5.24. The number of aromatic nitrogens is 2. The molecular weight excluding hydrogens is 264 g/mol. The molecule has 0 aliphatic carbocycles. The van der Waals surface area contributed by atoms with E-state index in [4.69, 9.17) is 5.73 Å². The van der Waals surface area contributed by atoms with Gasteiger partial charge in [-0.05, 0) is 24.1 Å². The van der Waals surface area contributed by atoms with E-state index in [1.165, 1.54) is 0 Å². The lowest BCUT2D eigenvalue weighted by molar-refractivity contribution is -0.116. The second-order valence-electron chi connectivity index (χ2n) is 5.24. The Morgan fingerprint density at radius 2 is 2.33 bits per heavy atom. The van der Waals surface area contributed by atoms with E-state index in [2.05, 4.69) is 17.2 Å². The Hall–Kier alpha value is -2.14. The number of amides is 1. The van der Waals surface area contributed by atoms with Gasteiger partial charge in [0.2, 0.25) is 5.91 Å². The molecule has 3 N–H and O–H groups in total. The van der Waals surface area contributed by atoms with Crippen molar-refractivity contribution in [3.05, 3.63) is 48.5 Å². The second kappa shape index (κ2) is 7.59. The number of anilines is 1. The standard InChI is InChI=1S/C16H22N4O/c1-2-4-14(17)10-16(21)19-15-6-3-5-13(9-15)11-20-8-7-18-12-20/h3,5-9,12,14H,2,4,10-11,17H2,1H3,(H,19,21). The molecule has 1 atom stereocenters. The molecule has 0 saturated carbocycles. The first-order chi connectivity index (χ1) is 10.2. The van der Waals surface area contributed by atoms with Crippen LogP contribution in [-0.2, 0) is 11.3 Å². The summed E-state index contributed by atoms with van der Waals surface area (Å²) >= 11 is 0. The topological polar surface area (TPSA) is 72.9 Å². The van der Waals surface area contributed by atoms with E-state index in [0.717, 1.165) is 30.6 Å². The number of carbonyl (C=O) groups excluding carboxylic acids is 1. The van der Waals surface area contributed by atoms with E-state index in [0.29, 0.717) is 6.42 Å². The third-order valence-corrected chi connectivity index (χ3v) is 3.24. The number of hydrogen-bond donors (Lipinski definition) is 2. The van der Waals surface area contributed by atoms with Gasteiger partial charge in [-0.3, -0.25) is 4.79 Å². The van der Waals surface area contributed by atoms with Crippen molar-refractivity contribution in [1.29, 1.82) is 0 Å². The van der Waals surface area contributed by atoms with E-state index in [1.54, 1.807) is 12.5 Å². The molecule has 1 amide bonds. The summed E-state index contributed by atoms with van der Waals surface area (Å²) < 4.78 is 1.98. The number of nitrogens with two attached hydrogens (primary N) is 1. The summed E-state index contributed by atoms with van der Waals surface area (Å²) in [4.78, 5) is 15.9. The van der Waals surface area contributed by atoms with Crippen molar-refractivity contribution in [3.8, 4) is 0 Å². The summed E-state index contributed by atoms with van der Waals surface area (Å²) in [6, 6.07) is 7.76. The van der Waals surface area contributed by atoms with Gasteiger partial charge in [0.25, 0.3) is 0 Å². The van der Waals surface area contributed by atoms with Crippen LogP contribution in [0, 0.1) is 0 Å². The Balaban J connectivity index is 1.93. The lowest BCUT2D eigenvalue weighted by Gasteiger charge is -2.11. The molecule has 21 heavy (non-hydrogen) atoms. The Morgan fingerprint density at radius 1 is 1.48 bits per heavy atom. The van der Waals surface area contributed by atoms with E-state index in [1.807, 2.05) is 35.0 Å². The molecule has 1 unspecified atom stereocenters. The molecule has 2 aromatic rings. The largest absolute Gasteiger partial charge is 0.333 e. The summed E-state index contributed by atoms with van der Waals surface area (Å²) in [7, 11) is 0. The molecule has 2 rings (SSSR count). The average Bonchev–Trinajstić information content (AvgIpc) is 2.92. The molecule has 0 aliphatic rings. The predicted octanol–water partition coefficient (Wildman–Crippen LogP) is 2.39. The first-order valence-corrected chi connectivity index (χ1v) is 7.27. The molecule has 1 aromatic carbocycles. The van der Waals surface area contributed by atoms with Crippen LogP contribution in [0.15, 0.2) is 43.0 Å². The van der Waals surface area contributed by atoms with E-state index in [-0.39, 0.29) is 11.9 Å². The van der Waals surface area contributed by atoms with Gasteiger partial charge in [0.15, 0.2) is 0 Å². The van der Waals surface area contributed by atoms with Crippen molar-refractivity contribution >= 4 is 11.6 Å². The van der Waals surface area contributed by atoms with Crippen LogP contribution < -0.4 is 11.1 Å². The first-order valence-electron chi connectivity index (χ1n) is 7.27. The maximum atomic E-state index is 11.9. The van der Waals surface area contributed by atoms with Crippen LogP contribution in [0.5, 0.6) is 0 Å². The van der Waals surface area contributed by atoms with Crippen LogP contribution in [0.2, 0.25) is 0 Å². The molecule has 5 nitrogen and oxygen atoms in total. The van der Waals surface area contributed by atoms with E-state index >= 15 is 0 Å². The molecule has 0 radical (unpaired) electrons. The molecule has 0 bridgehead atoms. The molecule has 5 heteroatoms. The molecule has 1 aromatic heterocycles. The zero-order chi connectivity index (χ0) is 15.1. The number of imidazole rings is 1. The van der Waals surface area contributed by atoms with Crippen LogP contribution in [-0.4, -0.2) is 21.5 Å². The van der Waals surface area contributed by atoms with Crippen LogP contribution in [0.1, 0.15) is 31.7 Å². The zero-order valence-corrected chi connectivity index (χ0v) is 12.3. The fourth-order valence-electron chi connectivity index (χ4n) is 2.26. The molecule has 112 valence electrons. The number of rotatable bonds is 7. The van der Waals surface area contributed by atoms with E-state index < -0.39 is 0 Å². The Labute approximate surface area is 125 Å². The van der Waals surface area contributed by atoms with Crippen LogP contribution in [0.3, 0.4) is 0 Å². The van der Waals surface area contributed by atoms with Gasteiger partial charge < -0.3 is 15.6 Å². The lowest BCUT2D eigenvalue weighted by Crippen LogP contribution is -2.26. The fourth-order valence-corrected chi connectivity index (χ4v) is 2.26. The lowest BCUT2D eigenvalue weighted by atomic mass is 10.1. The maximum Gasteiger partial charge on any atom is 0.225 e. The Bertz CT molecular complexity index is 565. The number of hydrogen-bond acceptors (Lipinski definition) is 3. The molecule has 0 saturated heterocycles. The van der Waals surface area contributed by atoms with Gasteiger partial charge >= 0.3 is 0 Å². The average molecular weight is 286 g/mol. The minimum Gasteiger partial charge on any atom is -0.333 e. The summed E-state index contributed by atoms with van der Waals surface area (Å²) in [5.74, 6) is -0.0317. The highest BCUT2D eigenvalue weighted by Gasteiger charge is 2.09. The molecule has 0 fully saturated rings. The van der Waals surface area contributed by atoms with Crippen molar-refractivity contribution in [2.24, 2.45) is 5.73 Å². The van der Waals surface area contributed by atoms with Crippen LogP contribution >= 0.6 is 0 Å². The number of nitrogens with one attached hydrogen (secondary N) is 1. The summed E-state index contributed by atoms with van der Waals surface area (Å²) in [6.45, 7) is 2.80. The summed E-state index contributed by atoms with van der Waals surface area (Å²) in [5.41, 5.74) is 7.81. The van der Waals surface area contributed by atoms with Gasteiger partial charge in [0.05, 0.1) is 6.33 Å². The third kappa shape index (κ3) is 5.04. The zero-order valence-electron chi connectivity index (χ0n) is 12.3. The fraction of sp³-hybridized carbons (Fsp3) is 0.375. The molecule has 0 aliphatic heterocycles. The van der Waals surface area contributed by atoms with E-state index in [9.17, 15) is 4.79 Å². The van der Waals surface area contributed by atoms with Crippen molar-refractivity contribution < 1.29 is 4.79 Å². The molecule has 0 spiro atoms. The van der Waals surface area contributed by atoms with Gasteiger partial charge in [-0.15, -0.1) is 0 Å².